The van der Waals surface area contributed by atoms with Crippen molar-refractivity contribution in [2.24, 2.45) is 52.1 Å². The Morgan fingerprint density at radius 1 is 1.03 bits per heavy atom. The molecular weight excluding hydrogens is 480 g/mol. The molecule has 0 unspecified atom stereocenters. The Bertz CT molecular complexity index is 1050. The topological polar surface area (TPSA) is 133 Å². The molecule has 0 aliphatic heterocycles. The number of carbonyl (C=O) groups is 2. The quantitative estimate of drug-likeness (QED) is 0.381. The van der Waals surface area contributed by atoms with Crippen molar-refractivity contribution in [2.45, 2.75) is 96.9 Å². The van der Waals surface area contributed by atoms with Crippen LogP contribution in [-0.2, 0) is 4.79 Å². The number of nitrogens with two attached hydrogens (primary N) is 1. The van der Waals surface area contributed by atoms with Crippen LogP contribution < -0.4 is 11.1 Å². The van der Waals surface area contributed by atoms with Gasteiger partial charge in [0.15, 0.2) is 0 Å². The number of amides is 2. The van der Waals surface area contributed by atoms with Crippen LogP contribution in [-0.4, -0.2) is 45.4 Å². The Labute approximate surface area is 226 Å². The van der Waals surface area contributed by atoms with E-state index < -0.39 is 12.0 Å². The van der Waals surface area contributed by atoms with E-state index in [1.165, 1.54) is 0 Å². The summed E-state index contributed by atoms with van der Waals surface area (Å²) in [6, 6.07) is 6.59. The van der Waals surface area contributed by atoms with Gasteiger partial charge in [-0.15, -0.1) is 0 Å². The van der Waals surface area contributed by atoms with E-state index in [2.05, 4.69) is 26.1 Å². The summed E-state index contributed by atoms with van der Waals surface area (Å²) in [6.07, 6.45) is 6.16. The van der Waals surface area contributed by atoms with E-state index in [0.717, 1.165) is 51.4 Å². The van der Waals surface area contributed by atoms with Crippen molar-refractivity contribution >= 4 is 17.5 Å². The molecule has 2 amide bonds. The average Bonchev–Trinajstić information content (AvgIpc) is 3.23. The number of primary amides is 1. The van der Waals surface area contributed by atoms with E-state index in [0.29, 0.717) is 29.5 Å². The van der Waals surface area contributed by atoms with Crippen LogP contribution in [0.4, 0.5) is 5.69 Å². The van der Waals surface area contributed by atoms with E-state index in [1.807, 2.05) is 0 Å². The molecule has 0 spiro atoms. The fourth-order valence-electron chi connectivity index (χ4n) is 9.63. The molecule has 4 saturated carbocycles. The van der Waals surface area contributed by atoms with Gasteiger partial charge in [-0.25, -0.2) is 0 Å². The lowest BCUT2D eigenvalue weighted by Gasteiger charge is -2.63. The molecule has 4 aliphatic carbocycles. The summed E-state index contributed by atoms with van der Waals surface area (Å²) in [5.74, 6) is 1.10. The Morgan fingerprint density at radius 3 is 2.42 bits per heavy atom. The number of carbonyl (C=O) groups excluding carboxylic acids is 2. The van der Waals surface area contributed by atoms with Gasteiger partial charge >= 0.3 is 0 Å². The van der Waals surface area contributed by atoms with Crippen LogP contribution in [0.25, 0.3) is 0 Å². The van der Waals surface area contributed by atoms with Crippen molar-refractivity contribution < 1.29 is 24.9 Å². The van der Waals surface area contributed by atoms with Crippen molar-refractivity contribution in [3.63, 3.8) is 0 Å². The molecule has 7 nitrogen and oxygen atoms in total. The largest absolute Gasteiger partial charge is 0.393 e. The van der Waals surface area contributed by atoms with Crippen LogP contribution >= 0.6 is 0 Å². The van der Waals surface area contributed by atoms with Crippen molar-refractivity contribution in [3.05, 3.63) is 29.8 Å². The molecule has 0 saturated heterocycles. The number of hydrogen-bond donors (Lipinski definition) is 5. The summed E-state index contributed by atoms with van der Waals surface area (Å²) in [5, 5.41) is 36.4. The fraction of sp³-hybridized carbons (Fsp3) is 0.742. The molecule has 38 heavy (non-hydrogen) atoms. The van der Waals surface area contributed by atoms with Gasteiger partial charge in [-0.3, -0.25) is 9.59 Å². The second-order valence-corrected chi connectivity index (χ2v) is 13.5. The summed E-state index contributed by atoms with van der Waals surface area (Å²) in [4.78, 5) is 24.0. The van der Waals surface area contributed by atoms with Crippen LogP contribution in [0.15, 0.2) is 24.3 Å². The van der Waals surface area contributed by atoms with Crippen LogP contribution in [0.3, 0.4) is 0 Å². The number of rotatable bonds is 6. The second kappa shape index (κ2) is 10.2. The third-order valence-corrected chi connectivity index (χ3v) is 11.8. The van der Waals surface area contributed by atoms with Gasteiger partial charge in [0.25, 0.3) is 0 Å². The number of aliphatic hydroxyl groups is 3. The van der Waals surface area contributed by atoms with Crippen LogP contribution in [0.5, 0.6) is 0 Å². The lowest BCUT2D eigenvalue weighted by atomic mass is 9.43. The predicted octanol–water partition coefficient (Wildman–Crippen LogP) is 4.10. The van der Waals surface area contributed by atoms with Crippen LogP contribution in [0.2, 0.25) is 0 Å². The highest BCUT2D eigenvalue weighted by atomic mass is 16.3. The molecule has 0 radical (unpaired) electrons. The fourth-order valence-corrected chi connectivity index (χ4v) is 9.63. The minimum atomic E-state index is -0.497. The van der Waals surface area contributed by atoms with Crippen molar-refractivity contribution in [1.82, 2.24) is 0 Å². The maximum absolute atomic E-state index is 12.7. The molecule has 210 valence electrons. The molecule has 6 N–H and O–H groups in total. The maximum atomic E-state index is 12.7. The highest BCUT2D eigenvalue weighted by Gasteiger charge is 2.65. The molecule has 5 rings (SSSR count). The highest BCUT2D eigenvalue weighted by Crippen LogP contribution is 2.68. The van der Waals surface area contributed by atoms with Crippen LogP contribution in [0.1, 0.15) is 88.9 Å². The third-order valence-electron chi connectivity index (χ3n) is 11.8. The summed E-state index contributed by atoms with van der Waals surface area (Å²) < 4.78 is 0. The molecule has 0 aromatic heterocycles. The van der Waals surface area contributed by atoms with E-state index in [1.54, 1.807) is 24.3 Å². The summed E-state index contributed by atoms with van der Waals surface area (Å²) in [6.45, 7) is 6.82. The molecule has 1 aromatic rings. The SMILES string of the molecule is C[C@H](CCC(=O)Nc1ccc(C(N)=O)cc1)[C@@H]1CC[C@@H]2[C@@H]3[C@H](O)C[C@H]4C[C@H](O)CC[C@]4(C)[C@@H]3C[C@H](O)[C@@]21C. The third kappa shape index (κ3) is 4.58. The van der Waals surface area contributed by atoms with Gasteiger partial charge < -0.3 is 26.4 Å². The molecular formula is C31H46N2O5. The van der Waals surface area contributed by atoms with E-state index in [-0.39, 0.29) is 52.6 Å². The van der Waals surface area contributed by atoms with E-state index in [9.17, 15) is 24.9 Å². The number of benzene rings is 1. The normalized spacial score (nSPS) is 42.9. The number of aliphatic hydroxyl groups excluding tert-OH is 3. The first-order chi connectivity index (χ1) is 17.9. The molecule has 0 heterocycles. The summed E-state index contributed by atoms with van der Waals surface area (Å²) in [5.41, 5.74) is 6.14. The number of anilines is 1. The Kier molecular flexibility index (Phi) is 7.42. The van der Waals surface area contributed by atoms with E-state index >= 15 is 0 Å². The first-order valence-electron chi connectivity index (χ1n) is 14.7. The minimum absolute atomic E-state index is 0.0613. The lowest BCUT2D eigenvalue weighted by Crippen LogP contribution is -2.62. The zero-order valence-corrected chi connectivity index (χ0v) is 23.1. The van der Waals surface area contributed by atoms with Gasteiger partial charge in [0.05, 0.1) is 18.3 Å². The Morgan fingerprint density at radius 2 is 1.74 bits per heavy atom. The summed E-state index contributed by atoms with van der Waals surface area (Å²) >= 11 is 0. The van der Waals surface area contributed by atoms with Gasteiger partial charge in [0, 0.05) is 17.7 Å². The minimum Gasteiger partial charge on any atom is -0.393 e. The highest BCUT2D eigenvalue weighted by molar-refractivity contribution is 5.94. The first kappa shape index (κ1) is 27.6. The molecule has 4 fully saturated rings. The van der Waals surface area contributed by atoms with Crippen molar-refractivity contribution in [3.8, 4) is 0 Å². The standard InChI is InChI=1S/C31H46N2O5/c1-17(4-11-27(37)33-20-7-5-18(6-8-20)29(32)38)22-9-10-23-28-24(16-26(36)31(22,23)3)30(2)13-12-21(34)14-19(30)15-25(28)35/h5-8,17,19,21-26,28,34-36H,4,9-16H2,1-3H3,(H2,32,38)(H,33,37)/t17-,19-,21-,22+,23-,24-,25-,26+,28+,30+,31-/m1/s1. The predicted molar refractivity (Wildman–Crippen MR) is 146 cm³/mol. The van der Waals surface area contributed by atoms with Gasteiger partial charge in [-0.1, -0.05) is 20.8 Å². The Balaban J connectivity index is 1.25. The second-order valence-electron chi connectivity index (χ2n) is 13.5. The molecule has 11 atom stereocenters. The zero-order valence-electron chi connectivity index (χ0n) is 23.1. The van der Waals surface area contributed by atoms with Gasteiger partial charge in [0.1, 0.15) is 0 Å². The van der Waals surface area contributed by atoms with E-state index in [4.69, 9.17) is 5.73 Å². The Hall–Kier alpha value is -1.96. The van der Waals surface area contributed by atoms with Crippen molar-refractivity contribution in [1.29, 1.82) is 0 Å². The monoisotopic (exact) mass is 526 g/mol. The zero-order chi connectivity index (χ0) is 27.4. The number of nitrogens with one attached hydrogen (secondary N) is 1. The average molecular weight is 527 g/mol. The van der Waals surface area contributed by atoms with Crippen molar-refractivity contribution in [2.75, 3.05) is 5.32 Å². The van der Waals surface area contributed by atoms with Gasteiger partial charge in [-0.2, -0.15) is 0 Å². The number of hydrogen-bond acceptors (Lipinski definition) is 5. The van der Waals surface area contributed by atoms with Gasteiger partial charge in [-0.05, 0) is 122 Å². The van der Waals surface area contributed by atoms with Crippen LogP contribution in [0, 0.1) is 46.3 Å². The lowest BCUT2D eigenvalue weighted by molar-refractivity contribution is -0.207. The smallest absolute Gasteiger partial charge is 0.248 e. The van der Waals surface area contributed by atoms with Gasteiger partial charge in [0.2, 0.25) is 11.8 Å². The molecule has 1 aromatic carbocycles. The molecule has 0 bridgehead atoms. The number of fused-ring (bicyclic) bond motifs is 5. The molecule has 7 heteroatoms. The molecule has 4 aliphatic rings. The maximum Gasteiger partial charge on any atom is 0.248 e. The first-order valence-corrected chi connectivity index (χ1v) is 14.7. The summed E-state index contributed by atoms with van der Waals surface area (Å²) in [7, 11) is 0.